The van der Waals surface area contributed by atoms with Gasteiger partial charge in [-0.05, 0) is 31.5 Å². The normalized spacial score (nSPS) is 10.9. The smallest absolute Gasteiger partial charge is 0.223 e. The van der Waals surface area contributed by atoms with Gasteiger partial charge in [0, 0.05) is 5.02 Å². The van der Waals surface area contributed by atoms with Crippen LogP contribution >= 0.6 is 11.6 Å². The van der Waals surface area contributed by atoms with Crippen LogP contribution in [0, 0.1) is 6.57 Å². The molecule has 0 N–H and O–H groups in total. The van der Waals surface area contributed by atoms with Gasteiger partial charge in [0.05, 0.1) is 5.41 Å². The highest BCUT2D eigenvalue weighted by molar-refractivity contribution is 6.30. The summed E-state index contributed by atoms with van der Waals surface area (Å²) in [5.74, 6) is 0. The van der Waals surface area contributed by atoms with Gasteiger partial charge in [-0.1, -0.05) is 23.7 Å². The molecule has 68 valence electrons. The Morgan fingerprint density at radius 2 is 2.15 bits per heavy atom. The van der Waals surface area contributed by atoms with Gasteiger partial charge in [-0.25, -0.2) is 6.57 Å². The summed E-state index contributed by atoms with van der Waals surface area (Å²) in [6.45, 7) is 11.5. The quantitative estimate of drug-likeness (QED) is 0.633. The van der Waals surface area contributed by atoms with Crippen molar-refractivity contribution in [3.05, 3.63) is 46.3 Å². The molecule has 0 aromatic heterocycles. The van der Waals surface area contributed by atoms with Crippen molar-refractivity contribution in [1.82, 2.24) is 0 Å². The van der Waals surface area contributed by atoms with Crippen molar-refractivity contribution in [2.75, 3.05) is 6.54 Å². The summed E-state index contributed by atoms with van der Waals surface area (Å²) in [7, 11) is 0. The zero-order valence-electron chi connectivity index (χ0n) is 7.84. The first kappa shape index (κ1) is 10.1. The van der Waals surface area contributed by atoms with E-state index in [0.717, 1.165) is 10.6 Å². The highest BCUT2D eigenvalue weighted by Crippen LogP contribution is 2.25. The molecule has 0 spiro atoms. The molecule has 0 unspecified atom stereocenters. The minimum atomic E-state index is -0.105. The number of rotatable bonds is 2. The predicted molar refractivity (Wildman–Crippen MR) is 55.9 cm³/mol. The van der Waals surface area contributed by atoms with E-state index in [1.54, 1.807) is 0 Å². The van der Waals surface area contributed by atoms with Crippen LogP contribution in [0.4, 0.5) is 0 Å². The molecular formula is C11H12ClN. The van der Waals surface area contributed by atoms with Crippen LogP contribution in [0.2, 0.25) is 5.02 Å². The van der Waals surface area contributed by atoms with Crippen LogP contribution in [0.3, 0.4) is 0 Å². The van der Waals surface area contributed by atoms with Crippen molar-refractivity contribution in [1.29, 1.82) is 0 Å². The van der Waals surface area contributed by atoms with E-state index in [4.69, 9.17) is 18.2 Å². The molecule has 0 atom stereocenters. The summed E-state index contributed by atoms with van der Waals surface area (Å²) in [4.78, 5) is 3.42. The minimum absolute atomic E-state index is 0.105. The maximum absolute atomic E-state index is 6.85. The molecule has 1 aromatic carbocycles. The monoisotopic (exact) mass is 193 g/mol. The van der Waals surface area contributed by atoms with Crippen molar-refractivity contribution < 1.29 is 0 Å². The molecule has 1 aromatic rings. The Kier molecular flexibility index (Phi) is 2.95. The third-order valence-electron chi connectivity index (χ3n) is 2.08. The van der Waals surface area contributed by atoms with Crippen LogP contribution in [-0.4, -0.2) is 6.54 Å². The number of halogens is 1. The van der Waals surface area contributed by atoms with Crippen molar-refractivity contribution in [3.8, 4) is 0 Å². The van der Waals surface area contributed by atoms with E-state index < -0.39 is 0 Å². The van der Waals surface area contributed by atoms with Crippen LogP contribution in [0.5, 0.6) is 0 Å². The maximum atomic E-state index is 6.85. The number of hydrogen-bond acceptors (Lipinski definition) is 0. The number of nitrogens with zero attached hydrogens (tertiary/aromatic N) is 1. The van der Waals surface area contributed by atoms with Gasteiger partial charge < -0.3 is 4.85 Å². The van der Waals surface area contributed by atoms with Crippen molar-refractivity contribution in [3.63, 3.8) is 0 Å². The first-order valence-electron chi connectivity index (χ1n) is 4.15. The van der Waals surface area contributed by atoms with E-state index >= 15 is 0 Å². The van der Waals surface area contributed by atoms with E-state index in [0.29, 0.717) is 6.54 Å². The van der Waals surface area contributed by atoms with Gasteiger partial charge in [0.1, 0.15) is 0 Å². The lowest BCUT2D eigenvalue weighted by Crippen LogP contribution is -2.20. The molecule has 0 aliphatic rings. The van der Waals surface area contributed by atoms with Crippen LogP contribution in [0.25, 0.3) is 4.85 Å². The highest BCUT2D eigenvalue weighted by atomic mass is 35.5. The Balaban J connectivity index is 3.01. The lowest BCUT2D eigenvalue weighted by Gasteiger charge is -2.18. The van der Waals surface area contributed by atoms with Crippen molar-refractivity contribution >= 4 is 11.6 Å². The summed E-state index contributed by atoms with van der Waals surface area (Å²) in [6, 6.07) is 7.70. The van der Waals surface area contributed by atoms with Crippen LogP contribution in [-0.2, 0) is 5.41 Å². The van der Waals surface area contributed by atoms with E-state index in [-0.39, 0.29) is 5.41 Å². The summed E-state index contributed by atoms with van der Waals surface area (Å²) < 4.78 is 0. The van der Waals surface area contributed by atoms with Gasteiger partial charge in [-0.15, -0.1) is 0 Å². The minimum Gasteiger partial charge on any atom is -0.316 e. The molecule has 0 fully saturated rings. The molecule has 0 saturated carbocycles. The van der Waals surface area contributed by atoms with Crippen molar-refractivity contribution in [2.45, 2.75) is 19.3 Å². The Morgan fingerprint density at radius 1 is 1.46 bits per heavy atom. The van der Waals surface area contributed by atoms with Gasteiger partial charge in [0.25, 0.3) is 0 Å². The Bertz CT molecular complexity index is 336. The summed E-state index contributed by atoms with van der Waals surface area (Å²) in [5.41, 5.74) is 1.02. The number of benzene rings is 1. The molecule has 2 heteroatoms. The summed E-state index contributed by atoms with van der Waals surface area (Å²) in [6.07, 6.45) is 0. The second kappa shape index (κ2) is 3.81. The largest absolute Gasteiger partial charge is 0.316 e. The summed E-state index contributed by atoms with van der Waals surface area (Å²) in [5, 5.41) is 0.732. The topological polar surface area (TPSA) is 4.36 Å². The van der Waals surface area contributed by atoms with Crippen molar-refractivity contribution in [2.24, 2.45) is 0 Å². The fourth-order valence-electron chi connectivity index (χ4n) is 1.20. The van der Waals surface area contributed by atoms with E-state index in [9.17, 15) is 0 Å². The SMILES string of the molecule is [C-]#[N+]CC(C)(C)c1cccc(Cl)c1. The zero-order valence-corrected chi connectivity index (χ0v) is 8.60. The molecule has 0 bridgehead atoms. The van der Waals surface area contributed by atoms with E-state index in [1.165, 1.54) is 0 Å². The van der Waals surface area contributed by atoms with E-state index in [1.807, 2.05) is 24.3 Å². The Morgan fingerprint density at radius 3 is 2.69 bits per heavy atom. The standard InChI is InChI=1S/C11H12ClN/c1-11(2,8-13-3)9-5-4-6-10(12)7-9/h4-7H,8H2,1-2H3. The predicted octanol–water partition coefficient (Wildman–Crippen LogP) is 3.54. The zero-order chi connectivity index (χ0) is 9.90. The fourth-order valence-corrected chi connectivity index (χ4v) is 1.39. The lowest BCUT2D eigenvalue weighted by atomic mass is 9.85. The van der Waals surface area contributed by atoms with Crippen LogP contribution < -0.4 is 0 Å². The van der Waals surface area contributed by atoms with Gasteiger partial charge in [-0.2, -0.15) is 0 Å². The second-order valence-corrected chi connectivity index (χ2v) is 4.15. The third-order valence-corrected chi connectivity index (χ3v) is 2.32. The fraction of sp³-hybridized carbons (Fsp3) is 0.364. The molecule has 0 radical (unpaired) electrons. The van der Waals surface area contributed by atoms with Gasteiger partial charge in [-0.3, -0.25) is 0 Å². The average Bonchev–Trinajstić information content (AvgIpc) is 2.04. The highest BCUT2D eigenvalue weighted by Gasteiger charge is 2.23. The molecule has 1 nitrogen and oxygen atoms in total. The second-order valence-electron chi connectivity index (χ2n) is 3.71. The van der Waals surface area contributed by atoms with Gasteiger partial charge in [0.15, 0.2) is 0 Å². The molecule has 1 rings (SSSR count). The molecular weight excluding hydrogens is 182 g/mol. The molecule has 13 heavy (non-hydrogen) atoms. The third kappa shape index (κ3) is 2.47. The summed E-state index contributed by atoms with van der Waals surface area (Å²) >= 11 is 5.87. The Labute approximate surface area is 84.2 Å². The van der Waals surface area contributed by atoms with Gasteiger partial charge in [0.2, 0.25) is 6.54 Å². The van der Waals surface area contributed by atoms with Gasteiger partial charge >= 0.3 is 0 Å². The Hall–Kier alpha value is -1.00. The van der Waals surface area contributed by atoms with Crippen LogP contribution in [0.15, 0.2) is 24.3 Å². The number of hydrogen-bond donors (Lipinski definition) is 0. The first-order chi connectivity index (χ1) is 6.06. The lowest BCUT2D eigenvalue weighted by molar-refractivity contribution is 0.572. The van der Waals surface area contributed by atoms with E-state index in [2.05, 4.69) is 18.7 Å². The molecule has 0 heterocycles. The molecule has 0 saturated heterocycles. The molecule has 0 amide bonds. The maximum Gasteiger partial charge on any atom is 0.223 e. The first-order valence-corrected chi connectivity index (χ1v) is 4.53. The average molecular weight is 194 g/mol. The van der Waals surface area contributed by atoms with Crippen LogP contribution in [0.1, 0.15) is 19.4 Å². The molecule has 0 aliphatic carbocycles. The molecule has 0 aliphatic heterocycles.